The summed E-state index contributed by atoms with van der Waals surface area (Å²) in [4.78, 5) is 0. The molecule has 0 heterocycles. The highest BCUT2D eigenvalue weighted by Crippen LogP contribution is 2.34. The largest absolute Gasteiger partial charge is 0.198 e. The van der Waals surface area contributed by atoms with Gasteiger partial charge in [0.1, 0.15) is 0 Å². The molecule has 1 aromatic carbocycles. The first kappa shape index (κ1) is 14.3. The number of nitriles is 2. The summed E-state index contributed by atoms with van der Waals surface area (Å²) in [6.45, 7) is 2.16. The lowest BCUT2D eigenvalue weighted by molar-refractivity contribution is 0.444. The molecule has 0 saturated carbocycles. The summed E-state index contributed by atoms with van der Waals surface area (Å²) >= 11 is 0. The van der Waals surface area contributed by atoms with Gasteiger partial charge in [0.15, 0.2) is 0 Å². The average Bonchev–Trinajstić information content (AvgIpc) is 2.44. The number of hydrogen-bond acceptors (Lipinski definition) is 2. The number of rotatable bonds is 7. The van der Waals surface area contributed by atoms with E-state index >= 15 is 0 Å². The van der Waals surface area contributed by atoms with E-state index in [4.69, 9.17) is 5.26 Å². The zero-order valence-electron chi connectivity index (χ0n) is 11.0. The van der Waals surface area contributed by atoms with Crippen molar-refractivity contribution in [2.75, 3.05) is 0 Å². The van der Waals surface area contributed by atoms with Crippen LogP contribution < -0.4 is 0 Å². The molecule has 0 amide bonds. The van der Waals surface area contributed by atoms with E-state index in [1.807, 2.05) is 30.3 Å². The lowest BCUT2D eigenvalue weighted by Crippen LogP contribution is -2.24. The van der Waals surface area contributed by atoms with Crippen molar-refractivity contribution in [3.63, 3.8) is 0 Å². The molecule has 1 rings (SSSR count). The topological polar surface area (TPSA) is 47.6 Å². The summed E-state index contributed by atoms with van der Waals surface area (Å²) in [5.74, 6) is 0. The molecule has 1 aromatic rings. The Balaban J connectivity index is 2.92. The van der Waals surface area contributed by atoms with Crippen LogP contribution in [0.15, 0.2) is 30.3 Å². The quantitative estimate of drug-likeness (QED) is 0.666. The maximum Gasteiger partial charge on any atom is 0.0832 e. The molecule has 0 aromatic heterocycles. The molecular formula is C16H20N2. The van der Waals surface area contributed by atoms with Gasteiger partial charge in [-0.15, -0.1) is 0 Å². The van der Waals surface area contributed by atoms with Gasteiger partial charge in [-0.05, 0) is 18.4 Å². The van der Waals surface area contributed by atoms with Gasteiger partial charge in [0, 0.05) is 6.42 Å². The lowest BCUT2D eigenvalue weighted by Gasteiger charge is -2.26. The maximum absolute atomic E-state index is 9.60. The molecule has 94 valence electrons. The predicted octanol–water partition coefficient (Wildman–Crippen LogP) is 4.33. The first-order valence-electron chi connectivity index (χ1n) is 6.63. The van der Waals surface area contributed by atoms with Crippen molar-refractivity contribution in [3.05, 3.63) is 35.9 Å². The third-order valence-corrected chi connectivity index (χ3v) is 3.41. The lowest BCUT2D eigenvalue weighted by atomic mass is 9.74. The molecular weight excluding hydrogens is 220 g/mol. The molecule has 2 nitrogen and oxygen atoms in total. The molecule has 0 aliphatic carbocycles. The van der Waals surface area contributed by atoms with Crippen LogP contribution in [0.3, 0.4) is 0 Å². The van der Waals surface area contributed by atoms with E-state index in [0.29, 0.717) is 12.8 Å². The summed E-state index contributed by atoms with van der Waals surface area (Å²) in [5, 5.41) is 18.4. The van der Waals surface area contributed by atoms with Gasteiger partial charge in [-0.1, -0.05) is 56.5 Å². The van der Waals surface area contributed by atoms with Crippen molar-refractivity contribution in [3.8, 4) is 12.1 Å². The monoisotopic (exact) mass is 240 g/mol. The van der Waals surface area contributed by atoms with E-state index in [0.717, 1.165) is 31.2 Å². The fourth-order valence-corrected chi connectivity index (χ4v) is 2.29. The minimum Gasteiger partial charge on any atom is -0.198 e. The third-order valence-electron chi connectivity index (χ3n) is 3.41. The molecule has 0 radical (unpaired) electrons. The summed E-state index contributed by atoms with van der Waals surface area (Å²) in [7, 11) is 0. The zero-order valence-corrected chi connectivity index (χ0v) is 11.0. The van der Waals surface area contributed by atoms with Crippen molar-refractivity contribution in [1.29, 1.82) is 10.5 Å². The van der Waals surface area contributed by atoms with Gasteiger partial charge in [-0.2, -0.15) is 10.5 Å². The van der Waals surface area contributed by atoms with E-state index in [9.17, 15) is 5.26 Å². The second-order valence-electron chi connectivity index (χ2n) is 4.68. The number of nitrogens with zero attached hydrogens (tertiary/aromatic N) is 2. The Morgan fingerprint density at radius 1 is 1.06 bits per heavy atom. The van der Waals surface area contributed by atoms with Crippen LogP contribution in [-0.2, 0) is 5.41 Å². The Kier molecular flexibility index (Phi) is 5.95. The molecule has 1 atom stereocenters. The van der Waals surface area contributed by atoms with Gasteiger partial charge in [0.05, 0.1) is 17.6 Å². The van der Waals surface area contributed by atoms with E-state index in [1.54, 1.807) is 0 Å². The Morgan fingerprint density at radius 3 is 2.33 bits per heavy atom. The van der Waals surface area contributed by atoms with Crippen molar-refractivity contribution in [1.82, 2.24) is 0 Å². The van der Waals surface area contributed by atoms with Crippen molar-refractivity contribution in [2.24, 2.45) is 0 Å². The van der Waals surface area contributed by atoms with Crippen molar-refractivity contribution >= 4 is 0 Å². The van der Waals surface area contributed by atoms with Crippen molar-refractivity contribution in [2.45, 2.75) is 50.9 Å². The number of benzene rings is 1. The van der Waals surface area contributed by atoms with E-state index < -0.39 is 5.41 Å². The Hall–Kier alpha value is -1.80. The van der Waals surface area contributed by atoms with Crippen LogP contribution >= 0.6 is 0 Å². The predicted molar refractivity (Wildman–Crippen MR) is 72.7 cm³/mol. The van der Waals surface area contributed by atoms with Gasteiger partial charge >= 0.3 is 0 Å². The number of unbranched alkanes of at least 4 members (excludes halogenated alkanes) is 2. The molecule has 2 heteroatoms. The van der Waals surface area contributed by atoms with Gasteiger partial charge in [-0.3, -0.25) is 0 Å². The van der Waals surface area contributed by atoms with Crippen LogP contribution in [0.2, 0.25) is 0 Å². The van der Waals surface area contributed by atoms with Crippen LogP contribution in [0, 0.1) is 22.7 Å². The summed E-state index contributed by atoms with van der Waals surface area (Å²) in [5.41, 5.74) is 0.574. The van der Waals surface area contributed by atoms with Gasteiger partial charge < -0.3 is 0 Å². The highest BCUT2D eigenvalue weighted by molar-refractivity contribution is 5.32. The molecule has 0 fully saturated rings. The highest BCUT2D eigenvalue weighted by atomic mass is 14.4. The first-order valence-corrected chi connectivity index (χ1v) is 6.63. The number of hydrogen-bond donors (Lipinski definition) is 0. The van der Waals surface area contributed by atoms with Gasteiger partial charge in [-0.25, -0.2) is 0 Å². The Morgan fingerprint density at radius 2 is 1.78 bits per heavy atom. The van der Waals surface area contributed by atoms with E-state index in [1.165, 1.54) is 0 Å². The third kappa shape index (κ3) is 3.60. The maximum atomic E-state index is 9.60. The van der Waals surface area contributed by atoms with Crippen LogP contribution in [0.4, 0.5) is 0 Å². The van der Waals surface area contributed by atoms with Crippen LogP contribution in [0.25, 0.3) is 0 Å². The minimum absolute atomic E-state index is 0.439. The van der Waals surface area contributed by atoms with Crippen LogP contribution in [0.1, 0.15) is 51.0 Å². The SMILES string of the molecule is CCCCC[C@](C#N)(CCC#N)c1ccccc1. The molecule has 0 aliphatic rings. The summed E-state index contributed by atoms with van der Waals surface area (Å²) in [6, 6.07) is 14.5. The minimum atomic E-state index is -0.480. The zero-order chi connectivity index (χ0) is 13.3. The molecule has 0 unspecified atom stereocenters. The standard InChI is InChI=1S/C16H20N2/c1-2-3-7-11-16(14-18,12-8-13-17)15-9-5-4-6-10-15/h4-6,9-10H,2-3,7-8,11-12H2,1H3/t16-/m1/s1. The van der Waals surface area contributed by atoms with Crippen LogP contribution in [-0.4, -0.2) is 0 Å². The van der Waals surface area contributed by atoms with Crippen molar-refractivity contribution < 1.29 is 0 Å². The highest BCUT2D eigenvalue weighted by Gasteiger charge is 2.31. The molecule has 0 aliphatic heterocycles. The molecule has 0 N–H and O–H groups in total. The van der Waals surface area contributed by atoms with E-state index in [-0.39, 0.29) is 0 Å². The van der Waals surface area contributed by atoms with Gasteiger partial charge in [0.25, 0.3) is 0 Å². The van der Waals surface area contributed by atoms with E-state index in [2.05, 4.69) is 19.1 Å². The van der Waals surface area contributed by atoms with Gasteiger partial charge in [0.2, 0.25) is 0 Å². The Bertz CT molecular complexity index is 425. The van der Waals surface area contributed by atoms with Crippen LogP contribution in [0.5, 0.6) is 0 Å². The Labute approximate surface area is 110 Å². The molecule has 18 heavy (non-hydrogen) atoms. The summed E-state index contributed by atoms with van der Waals surface area (Å²) in [6.07, 6.45) is 5.26. The first-order chi connectivity index (χ1) is 8.79. The smallest absolute Gasteiger partial charge is 0.0832 e. The molecule has 0 bridgehead atoms. The fraction of sp³-hybridized carbons (Fsp3) is 0.500. The normalized spacial score (nSPS) is 13.3. The second-order valence-corrected chi connectivity index (χ2v) is 4.68. The molecule has 0 spiro atoms. The average molecular weight is 240 g/mol. The summed E-state index contributed by atoms with van der Waals surface area (Å²) < 4.78 is 0. The fourth-order valence-electron chi connectivity index (χ4n) is 2.29. The second kappa shape index (κ2) is 7.51. The molecule has 0 saturated heterocycles.